The normalized spacial score (nSPS) is 28.4. The summed E-state index contributed by atoms with van der Waals surface area (Å²) in [5.41, 5.74) is 0. The summed E-state index contributed by atoms with van der Waals surface area (Å²) in [7, 11) is -1.69. The molecule has 8 heteroatoms. The van der Waals surface area contributed by atoms with Crippen molar-refractivity contribution in [1.29, 1.82) is 0 Å². The van der Waals surface area contributed by atoms with Crippen molar-refractivity contribution in [3.63, 3.8) is 0 Å². The predicted octanol–water partition coefficient (Wildman–Crippen LogP) is -0.582. The van der Waals surface area contributed by atoms with Gasteiger partial charge in [0.2, 0.25) is 0 Å². The van der Waals surface area contributed by atoms with E-state index in [9.17, 15) is 18.3 Å². The molecular formula is C11H21N3O4S. The van der Waals surface area contributed by atoms with Crippen LogP contribution in [0.2, 0.25) is 0 Å². The van der Waals surface area contributed by atoms with Gasteiger partial charge in [-0.25, -0.2) is 0 Å². The average Bonchev–Trinajstić information content (AvgIpc) is 2.39. The van der Waals surface area contributed by atoms with Crippen molar-refractivity contribution in [2.24, 2.45) is 0 Å². The predicted molar refractivity (Wildman–Crippen MR) is 70.0 cm³/mol. The van der Waals surface area contributed by atoms with Gasteiger partial charge < -0.3 is 10.0 Å². The zero-order chi connectivity index (χ0) is 14.0. The van der Waals surface area contributed by atoms with E-state index in [1.54, 1.807) is 0 Å². The van der Waals surface area contributed by atoms with Gasteiger partial charge in [-0.1, -0.05) is 0 Å². The fraction of sp³-hybridized carbons (Fsp3) is 0.909. The second-order valence-corrected chi connectivity index (χ2v) is 7.05. The van der Waals surface area contributed by atoms with Crippen LogP contribution < -0.4 is 0 Å². The first-order valence-corrected chi connectivity index (χ1v) is 8.01. The Morgan fingerprint density at radius 3 is 2.32 bits per heavy atom. The van der Waals surface area contributed by atoms with Crippen LogP contribution in [-0.2, 0) is 15.0 Å². The average molecular weight is 291 g/mol. The quantitative estimate of drug-likeness (QED) is 0.752. The van der Waals surface area contributed by atoms with Crippen molar-refractivity contribution >= 4 is 16.2 Å². The minimum atomic E-state index is -3.64. The fourth-order valence-electron chi connectivity index (χ4n) is 2.60. The summed E-state index contributed by atoms with van der Waals surface area (Å²) in [6, 6.07) is -0.904. The Hall–Kier alpha value is -0.700. The number of carbonyl (C=O) groups is 1. The Balaban J connectivity index is 2.15. The molecule has 2 aliphatic heterocycles. The van der Waals surface area contributed by atoms with Crippen LogP contribution >= 0.6 is 0 Å². The molecule has 2 rings (SSSR count). The van der Waals surface area contributed by atoms with Crippen LogP contribution in [0.4, 0.5) is 0 Å². The van der Waals surface area contributed by atoms with E-state index in [4.69, 9.17) is 0 Å². The zero-order valence-corrected chi connectivity index (χ0v) is 12.0. The molecule has 1 N–H and O–H groups in total. The number of piperazine rings is 1. The summed E-state index contributed by atoms with van der Waals surface area (Å²) in [6.45, 7) is 2.55. The van der Waals surface area contributed by atoms with Crippen molar-refractivity contribution in [1.82, 2.24) is 13.5 Å². The zero-order valence-electron chi connectivity index (χ0n) is 11.2. The van der Waals surface area contributed by atoms with Gasteiger partial charge in [0, 0.05) is 32.7 Å². The first-order valence-electron chi connectivity index (χ1n) is 6.61. The third-order valence-electron chi connectivity index (χ3n) is 3.82. The van der Waals surface area contributed by atoms with Gasteiger partial charge in [-0.05, 0) is 26.3 Å². The second-order valence-electron chi connectivity index (χ2n) is 5.17. The van der Waals surface area contributed by atoms with E-state index in [0.717, 1.165) is 12.8 Å². The maximum Gasteiger partial charge on any atom is 0.322 e. The van der Waals surface area contributed by atoms with Gasteiger partial charge in [0.1, 0.15) is 6.04 Å². The van der Waals surface area contributed by atoms with E-state index in [-0.39, 0.29) is 0 Å². The molecule has 0 amide bonds. The lowest BCUT2D eigenvalue weighted by Crippen LogP contribution is -2.57. The highest BCUT2D eigenvalue weighted by Gasteiger charge is 2.40. The van der Waals surface area contributed by atoms with Gasteiger partial charge in [0.15, 0.2) is 0 Å². The highest BCUT2D eigenvalue weighted by molar-refractivity contribution is 7.86. The van der Waals surface area contributed by atoms with Crippen molar-refractivity contribution in [3.05, 3.63) is 0 Å². The first-order chi connectivity index (χ1) is 8.93. The summed E-state index contributed by atoms with van der Waals surface area (Å²) in [4.78, 5) is 13.3. The van der Waals surface area contributed by atoms with Gasteiger partial charge in [0.05, 0.1) is 0 Å². The molecule has 0 spiro atoms. The molecule has 19 heavy (non-hydrogen) atoms. The van der Waals surface area contributed by atoms with E-state index in [1.807, 2.05) is 7.05 Å². The fourth-order valence-corrected chi connectivity index (χ4v) is 4.39. The highest BCUT2D eigenvalue weighted by Crippen LogP contribution is 2.23. The van der Waals surface area contributed by atoms with E-state index in [0.29, 0.717) is 39.1 Å². The van der Waals surface area contributed by atoms with Gasteiger partial charge in [-0.2, -0.15) is 17.0 Å². The summed E-state index contributed by atoms with van der Waals surface area (Å²) < 4.78 is 27.6. The molecule has 1 unspecified atom stereocenters. The molecule has 7 nitrogen and oxygen atoms in total. The first kappa shape index (κ1) is 14.7. The lowest BCUT2D eigenvalue weighted by molar-refractivity contribution is -0.142. The Labute approximate surface area is 114 Å². The Morgan fingerprint density at radius 2 is 1.74 bits per heavy atom. The molecule has 0 aromatic carbocycles. The number of hydrogen-bond donors (Lipinski definition) is 1. The number of carboxylic acid groups (broad SMARTS) is 1. The summed E-state index contributed by atoms with van der Waals surface area (Å²) in [6.07, 6.45) is 1.91. The molecule has 0 radical (unpaired) electrons. The molecule has 0 aliphatic carbocycles. The monoisotopic (exact) mass is 291 g/mol. The molecule has 2 heterocycles. The summed E-state index contributed by atoms with van der Waals surface area (Å²) in [5, 5.41) is 9.18. The largest absolute Gasteiger partial charge is 0.480 e. The molecule has 2 saturated heterocycles. The molecule has 0 aromatic heterocycles. The molecule has 1 atom stereocenters. The minimum absolute atomic E-state index is 0.311. The summed E-state index contributed by atoms with van der Waals surface area (Å²) in [5.74, 6) is -1.04. The van der Waals surface area contributed by atoms with Crippen LogP contribution in [0.25, 0.3) is 0 Å². The lowest BCUT2D eigenvalue weighted by atomic mass is 10.1. The third kappa shape index (κ3) is 3.07. The second kappa shape index (κ2) is 5.74. The molecule has 2 aliphatic rings. The number of likely N-dealkylation sites (N-methyl/N-ethyl adjacent to an activating group) is 1. The van der Waals surface area contributed by atoms with Crippen molar-refractivity contribution in [2.75, 3.05) is 39.8 Å². The Bertz CT molecular complexity index is 431. The standard InChI is InChI=1S/C11H21N3O4S/c1-12-6-8-13(9-7-12)19(17,18)14-5-3-2-4-10(14)11(15)16/h10H,2-9H2,1H3,(H,15,16). The Kier molecular flexibility index (Phi) is 4.44. The van der Waals surface area contributed by atoms with Gasteiger partial charge in [-0.3, -0.25) is 4.79 Å². The van der Waals surface area contributed by atoms with Crippen molar-refractivity contribution in [3.8, 4) is 0 Å². The smallest absolute Gasteiger partial charge is 0.322 e. The van der Waals surface area contributed by atoms with E-state index >= 15 is 0 Å². The maximum absolute atomic E-state index is 12.5. The number of hydrogen-bond acceptors (Lipinski definition) is 4. The van der Waals surface area contributed by atoms with Gasteiger partial charge >= 0.3 is 5.97 Å². The topological polar surface area (TPSA) is 81.2 Å². The maximum atomic E-state index is 12.5. The van der Waals surface area contributed by atoms with Crippen LogP contribution in [0, 0.1) is 0 Å². The molecule has 0 saturated carbocycles. The number of nitrogens with zero attached hydrogens (tertiary/aromatic N) is 3. The van der Waals surface area contributed by atoms with Crippen molar-refractivity contribution < 1.29 is 18.3 Å². The molecule has 0 bridgehead atoms. The van der Waals surface area contributed by atoms with E-state index in [2.05, 4.69) is 4.90 Å². The molecule has 2 fully saturated rings. The SMILES string of the molecule is CN1CCN(S(=O)(=O)N2CCCCC2C(=O)O)CC1. The Morgan fingerprint density at radius 1 is 1.11 bits per heavy atom. The molecular weight excluding hydrogens is 270 g/mol. The van der Waals surface area contributed by atoms with Crippen LogP contribution in [0.5, 0.6) is 0 Å². The minimum Gasteiger partial charge on any atom is -0.480 e. The van der Waals surface area contributed by atoms with E-state index in [1.165, 1.54) is 8.61 Å². The van der Waals surface area contributed by atoms with Gasteiger partial charge in [0.25, 0.3) is 10.2 Å². The highest BCUT2D eigenvalue weighted by atomic mass is 32.2. The van der Waals surface area contributed by atoms with Crippen LogP contribution in [0.1, 0.15) is 19.3 Å². The summed E-state index contributed by atoms with van der Waals surface area (Å²) >= 11 is 0. The van der Waals surface area contributed by atoms with Crippen LogP contribution in [0.15, 0.2) is 0 Å². The molecule has 110 valence electrons. The third-order valence-corrected chi connectivity index (χ3v) is 5.87. The molecule has 0 aromatic rings. The number of carboxylic acids is 1. The lowest BCUT2D eigenvalue weighted by Gasteiger charge is -2.38. The number of aliphatic carboxylic acids is 1. The van der Waals surface area contributed by atoms with Crippen molar-refractivity contribution in [2.45, 2.75) is 25.3 Å². The van der Waals surface area contributed by atoms with Gasteiger partial charge in [-0.15, -0.1) is 0 Å². The van der Waals surface area contributed by atoms with Crippen LogP contribution in [-0.4, -0.2) is 78.8 Å². The number of piperidine rings is 1. The number of rotatable bonds is 3. The van der Waals surface area contributed by atoms with Crippen LogP contribution in [0.3, 0.4) is 0 Å². The van der Waals surface area contributed by atoms with E-state index < -0.39 is 22.2 Å².